The number of amides is 1. The maximum atomic E-state index is 12.5. The van der Waals surface area contributed by atoms with E-state index in [9.17, 15) is 9.59 Å². The van der Waals surface area contributed by atoms with Crippen LogP contribution in [0.4, 0.5) is 11.4 Å². The Labute approximate surface area is 165 Å². The van der Waals surface area contributed by atoms with Crippen molar-refractivity contribution in [1.29, 1.82) is 0 Å². The Morgan fingerprint density at radius 3 is 2.68 bits per heavy atom. The fourth-order valence-corrected chi connectivity index (χ4v) is 4.21. The zero-order valence-electron chi connectivity index (χ0n) is 16.2. The molecule has 1 amide bonds. The van der Waals surface area contributed by atoms with Crippen molar-refractivity contribution in [3.05, 3.63) is 57.5 Å². The van der Waals surface area contributed by atoms with Gasteiger partial charge < -0.3 is 20.5 Å². The van der Waals surface area contributed by atoms with E-state index in [1.807, 2.05) is 24.3 Å². The number of hydrogen-bond acceptors (Lipinski definition) is 4. The van der Waals surface area contributed by atoms with Crippen LogP contribution in [0, 0.1) is 0 Å². The summed E-state index contributed by atoms with van der Waals surface area (Å²) in [5.41, 5.74) is 4.45. The lowest BCUT2D eigenvalue weighted by atomic mass is 9.92. The maximum Gasteiger partial charge on any atom is 0.251 e. The van der Waals surface area contributed by atoms with Gasteiger partial charge in [-0.25, -0.2) is 0 Å². The van der Waals surface area contributed by atoms with Gasteiger partial charge in [-0.1, -0.05) is 6.07 Å². The smallest absolute Gasteiger partial charge is 0.251 e. The van der Waals surface area contributed by atoms with Crippen LogP contribution < -0.4 is 16.2 Å². The van der Waals surface area contributed by atoms with Crippen molar-refractivity contribution < 1.29 is 4.79 Å². The third-order valence-corrected chi connectivity index (χ3v) is 5.73. The van der Waals surface area contributed by atoms with Gasteiger partial charge in [-0.2, -0.15) is 0 Å². The molecule has 1 fully saturated rings. The molecule has 2 heterocycles. The van der Waals surface area contributed by atoms with Crippen LogP contribution in [0.2, 0.25) is 0 Å². The second-order valence-corrected chi connectivity index (χ2v) is 7.71. The monoisotopic (exact) mass is 380 g/mol. The Balaban J connectivity index is 1.42. The van der Waals surface area contributed by atoms with E-state index in [2.05, 4.69) is 20.5 Å². The fraction of sp³-hybridized carbons (Fsp3) is 0.455. The largest absolute Gasteiger partial charge is 0.354 e. The first kappa shape index (κ1) is 18.7. The van der Waals surface area contributed by atoms with Gasteiger partial charge in [0, 0.05) is 36.1 Å². The van der Waals surface area contributed by atoms with E-state index in [1.165, 1.54) is 12.8 Å². The van der Waals surface area contributed by atoms with Crippen LogP contribution in [0.25, 0.3) is 0 Å². The number of anilines is 2. The molecule has 6 nitrogen and oxygen atoms in total. The van der Waals surface area contributed by atoms with Crippen molar-refractivity contribution in [2.75, 3.05) is 31.5 Å². The van der Waals surface area contributed by atoms with Crippen molar-refractivity contribution in [3.63, 3.8) is 0 Å². The van der Waals surface area contributed by atoms with Crippen LogP contribution in [-0.4, -0.2) is 42.0 Å². The van der Waals surface area contributed by atoms with Crippen LogP contribution >= 0.6 is 0 Å². The molecule has 1 aromatic heterocycles. The molecule has 1 aromatic carbocycles. The van der Waals surface area contributed by atoms with Crippen LogP contribution in [0.3, 0.4) is 0 Å². The Morgan fingerprint density at radius 1 is 1.07 bits per heavy atom. The molecule has 0 radical (unpaired) electrons. The van der Waals surface area contributed by atoms with Crippen LogP contribution in [-0.2, 0) is 12.8 Å². The van der Waals surface area contributed by atoms with Gasteiger partial charge in [-0.3, -0.25) is 9.59 Å². The predicted octanol–water partition coefficient (Wildman–Crippen LogP) is 2.82. The van der Waals surface area contributed by atoms with E-state index in [-0.39, 0.29) is 11.5 Å². The summed E-state index contributed by atoms with van der Waals surface area (Å²) in [4.78, 5) is 29.8. The van der Waals surface area contributed by atoms with E-state index in [4.69, 9.17) is 0 Å². The van der Waals surface area contributed by atoms with E-state index in [0.717, 1.165) is 67.8 Å². The number of aromatic amines is 1. The topological polar surface area (TPSA) is 77.2 Å². The van der Waals surface area contributed by atoms with E-state index < -0.39 is 0 Å². The fourth-order valence-electron chi connectivity index (χ4n) is 4.21. The summed E-state index contributed by atoms with van der Waals surface area (Å²) < 4.78 is 0. The summed E-state index contributed by atoms with van der Waals surface area (Å²) in [6.07, 6.45) is 8.18. The average molecular weight is 380 g/mol. The average Bonchev–Trinajstić information content (AvgIpc) is 3.24. The minimum absolute atomic E-state index is 0.0198. The lowest BCUT2D eigenvalue weighted by Crippen LogP contribution is -2.33. The molecule has 1 aliphatic carbocycles. The Bertz CT molecular complexity index is 900. The van der Waals surface area contributed by atoms with Gasteiger partial charge in [-0.05, 0) is 75.4 Å². The molecule has 0 bridgehead atoms. The highest BCUT2D eigenvalue weighted by molar-refractivity contribution is 5.95. The van der Waals surface area contributed by atoms with Gasteiger partial charge >= 0.3 is 0 Å². The van der Waals surface area contributed by atoms with Gasteiger partial charge in [0.25, 0.3) is 11.5 Å². The molecule has 0 atom stereocenters. The SMILES string of the molecule is O=C(NCCN1CCCC1)c1cccc(Nc2c[nH]c(=O)c3c2CCCC3)c1. The lowest BCUT2D eigenvalue weighted by molar-refractivity contribution is 0.0950. The van der Waals surface area contributed by atoms with Gasteiger partial charge in [0.15, 0.2) is 0 Å². The summed E-state index contributed by atoms with van der Waals surface area (Å²) in [7, 11) is 0. The summed E-state index contributed by atoms with van der Waals surface area (Å²) in [6.45, 7) is 3.86. The number of benzene rings is 1. The molecule has 2 aromatic rings. The third kappa shape index (κ3) is 4.28. The molecule has 0 saturated carbocycles. The number of H-pyrrole nitrogens is 1. The summed E-state index contributed by atoms with van der Waals surface area (Å²) >= 11 is 0. The minimum Gasteiger partial charge on any atom is -0.354 e. The molecule has 1 saturated heterocycles. The van der Waals surface area contributed by atoms with Crippen molar-refractivity contribution in [2.24, 2.45) is 0 Å². The molecule has 0 unspecified atom stereocenters. The van der Waals surface area contributed by atoms with Gasteiger partial charge in [0.05, 0.1) is 5.69 Å². The highest BCUT2D eigenvalue weighted by atomic mass is 16.1. The van der Waals surface area contributed by atoms with Crippen LogP contribution in [0.1, 0.15) is 47.2 Å². The second-order valence-electron chi connectivity index (χ2n) is 7.71. The summed E-state index contributed by atoms with van der Waals surface area (Å²) in [5.74, 6) is -0.0497. The molecule has 3 N–H and O–H groups in total. The number of nitrogens with zero attached hydrogens (tertiary/aromatic N) is 1. The highest BCUT2D eigenvalue weighted by Gasteiger charge is 2.17. The molecule has 4 rings (SSSR count). The molecule has 28 heavy (non-hydrogen) atoms. The van der Waals surface area contributed by atoms with E-state index >= 15 is 0 Å². The van der Waals surface area contributed by atoms with Gasteiger partial charge in [-0.15, -0.1) is 0 Å². The minimum atomic E-state index is -0.0497. The van der Waals surface area contributed by atoms with E-state index in [0.29, 0.717) is 12.1 Å². The zero-order valence-corrected chi connectivity index (χ0v) is 16.2. The number of carbonyl (C=O) groups is 1. The summed E-state index contributed by atoms with van der Waals surface area (Å²) in [5, 5.41) is 6.42. The lowest BCUT2D eigenvalue weighted by Gasteiger charge is -2.19. The first-order valence-electron chi connectivity index (χ1n) is 10.3. The number of likely N-dealkylation sites (tertiary alicyclic amines) is 1. The molecule has 2 aliphatic rings. The molecule has 0 spiro atoms. The van der Waals surface area contributed by atoms with Crippen molar-refractivity contribution in [3.8, 4) is 0 Å². The standard InChI is InChI=1S/C22H28N4O2/c27-21(23-10-13-26-11-3-4-12-26)16-6-5-7-17(14-16)25-20-15-24-22(28)19-9-2-1-8-18(19)20/h5-7,14-15,25H,1-4,8-13H2,(H,23,27)(H,24,28). The summed E-state index contributed by atoms with van der Waals surface area (Å²) in [6, 6.07) is 7.53. The quantitative estimate of drug-likeness (QED) is 0.720. The van der Waals surface area contributed by atoms with Crippen LogP contribution in [0.5, 0.6) is 0 Å². The Kier molecular flexibility index (Phi) is 5.76. The normalized spacial score (nSPS) is 16.6. The highest BCUT2D eigenvalue weighted by Crippen LogP contribution is 2.27. The maximum absolute atomic E-state index is 12.5. The van der Waals surface area contributed by atoms with Crippen LogP contribution in [0.15, 0.2) is 35.3 Å². The Hall–Kier alpha value is -2.60. The number of rotatable bonds is 6. The zero-order chi connectivity index (χ0) is 19.3. The van der Waals surface area contributed by atoms with Crippen molar-refractivity contribution in [2.45, 2.75) is 38.5 Å². The molecular weight excluding hydrogens is 352 g/mol. The molecule has 1 aliphatic heterocycles. The second kappa shape index (κ2) is 8.61. The number of pyridine rings is 1. The number of aromatic nitrogens is 1. The number of carbonyl (C=O) groups excluding carboxylic acids is 1. The van der Waals surface area contributed by atoms with E-state index in [1.54, 1.807) is 6.20 Å². The van der Waals surface area contributed by atoms with Crippen molar-refractivity contribution in [1.82, 2.24) is 15.2 Å². The number of nitrogens with one attached hydrogen (secondary N) is 3. The van der Waals surface area contributed by atoms with Gasteiger partial charge in [0.2, 0.25) is 0 Å². The van der Waals surface area contributed by atoms with Crippen molar-refractivity contribution >= 4 is 17.3 Å². The molecule has 148 valence electrons. The van der Waals surface area contributed by atoms with Gasteiger partial charge in [0.1, 0.15) is 0 Å². The Morgan fingerprint density at radius 2 is 1.86 bits per heavy atom. The number of fused-ring (bicyclic) bond motifs is 1. The molecule has 6 heteroatoms. The number of hydrogen-bond donors (Lipinski definition) is 3. The first-order valence-corrected chi connectivity index (χ1v) is 10.3. The predicted molar refractivity (Wildman–Crippen MR) is 111 cm³/mol. The molecular formula is C22H28N4O2. The first-order chi connectivity index (χ1) is 13.7. The third-order valence-electron chi connectivity index (χ3n) is 5.73.